The molecular formula is C39H22N2OS. The standard InChI is InChI=1S/C39H22N2OS/c1-5-13-30-27(10-1)35(37-29-12-4-8-16-34(29)43-39(37)40-30)23-17-19-24(20-18-23)41-31-14-6-2-11-28(31)36-32(41)22-21-26-25-9-3-7-15-33(25)42-38(26)36/h1-22H. The third kappa shape index (κ3) is 3.16. The molecular weight excluding hydrogens is 545 g/mol. The second-order valence-corrected chi connectivity index (χ2v) is 12.1. The van der Waals surface area contributed by atoms with Gasteiger partial charge in [-0.15, -0.1) is 11.3 Å². The van der Waals surface area contributed by atoms with Crippen LogP contribution in [0.2, 0.25) is 0 Å². The van der Waals surface area contributed by atoms with Crippen molar-refractivity contribution in [3.8, 4) is 16.8 Å². The molecule has 10 rings (SSSR count). The summed E-state index contributed by atoms with van der Waals surface area (Å²) in [4.78, 5) is 6.15. The number of furan rings is 1. The minimum absolute atomic E-state index is 0.919. The summed E-state index contributed by atoms with van der Waals surface area (Å²) in [5, 5.41) is 8.32. The lowest BCUT2D eigenvalue weighted by Gasteiger charge is -2.12. The van der Waals surface area contributed by atoms with Crippen molar-refractivity contribution in [2.24, 2.45) is 0 Å². The number of hydrogen-bond acceptors (Lipinski definition) is 3. The van der Waals surface area contributed by atoms with E-state index in [0.717, 1.165) is 48.9 Å². The number of fused-ring (bicyclic) bond motifs is 11. The Balaban J connectivity index is 1.24. The van der Waals surface area contributed by atoms with Gasteiger partial charge in [-0.05, 0) is 54.1 Å². The second kappa shape index (κ2) is 8.54. The summed E-state index contributed by atoms with van der Waals surface area (Å²) in [6.07, 6.45) is 0. The summed E-state index contributed by atoms with van der Waals surface area (Å²) in [5.41, 5.74) is 8.75. The lowest BCUT2D eigenvalue weighted by atomic mass is 9.96. The van der Waals surface area contributed by atoms with Crippen molar-refractivity contribution in [3.63, 3.8) is 0 Å². The van der Waals surface area contributed by atoms with Crippen molar-refractivity contribution in [3.05, 3.63) is 133 Å². The largest absolute Gasteiger partial charge is 0.455 e. The zero-order valence-corrected chi connectivity index (χ0v) is 23.7. The van der Waals surface area contributed by atoms with Gasteiger partial charge in [0.05, 0.1) is 21.9 Å². The number of aromatic nitrogens is 2. The van der Waals surface area contributed by atoms with Crippen LogP contribution in [-0.2, 0) is 0 Å². The smallest absolute Gasteiger partial charge is 0.145 e. The van der Waals surface area contributed by atoms with Crippen LogP contribution >= 0.6 is 11.3 Å². The first-order valence-corrected chi connectivity index (χ1v) is 15.3. The second-order valence-electron chi connectivity index (χ2n) is 11.1. The van der Waals surface area contributed by atoms with E-state index >= 15 is 0 Å². The molecule has 4 aromatic heterocycles. The zero-order chi connectivity index (χ0) is 28.1. The van der Waals surface area contributed by atoms with Crippen molar-refractivity contribution in [1.82, 2.24) is 9.55 Å². The van der Waals surface area contributed by atoms with Crippen LogP contribution in [0.25, 0.3) is 91.8 Å². The third-order valence-corrected chi connectivity index (χ3v) is 9.88. The van der Waals surface area contributed by atoms with E-state index in [9.17, 15) is 0 Å². The molecule has 4 heteroatoms. The molecule has 0 unspecified atom stereocenters. The Morgan fingerprint density at radius 3 is 2.14 bits per heavy atom. The maximum Gasteiger partial charge on any atom is 0.145 e. The Hall–Kier alpha value is -5.45. The Labute approximate surface area is 249 Å². The summed E-state index contributed by atoms with van der Waals surface area (Å²) in [7, 11) is 0. The molecule has 0 aliphatic carbocycles. The van der Waals surface area contributed by atoms with E-state index in [2.05, 4.69) is 132 Å². The minimum atomic E-state index is 0.919. The molecule has 200 valence electrons. The van der Waals surface area contributed by atoms with Crippen LogP contribution in [-0.4, -0.2) is 9.55 Å². The fourth-order valence-electron chi connectivity index (χ4n) is 6.97. The highest BCUT2D eigenvalue weighted by Gasteiger charge is 2.20. The predicted molar refractivity (Wildman–Crippen MR) is 182 cm³/mol. The molecule has 10 aromatic rings. The van der Waals surface area contributed by atoms with Crippen LogP contribution in [0.5, 0.6) is 0 Å². The monoisotopic (exact) mass is 566 g/mol. The van der Waals surface area contributed by atoms with Gasteiger partial charge in [-0.1, -0.05) is 84.9 Å². The molecule has 0 atom stereocenters. The van der Waals surface area contributed by atoms with E-state index in [4.69, 9.17) is 9.40 Å². The normalized spacial score (nSPS) is 12.2. The molecule has 0 bridgehead atoms. The van der Waals surface area contributed by atoms with Crippen molar-refractivity contribution in [1.29, 1.82) is 0 Å². The molecule has 0 saturated carbocycles. The number of hydrogen-bond donors (Lipinski definition) is 0. The summed E-state index contributed by atoms with van der Waals surface area (Å²) in [6.45, 7) is 0. The first-order chi connectivity index (χ1) is 21.3. The van der Waals surface area contributed by atoms with Crippen LogP contribution in [0.15, 0.2) is 138 Å². The van der Waals surface area contributed by atoms with Crippen molar-refractivity contribution < 1.29 is 4.42 Å². The fraction of sp³-hybridized carbons (Fsp3) is 0. The number of nitrogens with zero attached hydrogens (tertiary/aromatic N) is 2. The molecule has 4 heterocycles. The molecule has 6 aromatic carbocycles. The lowest BCUT2D eigenvalue weighted by Crippen LogP contribution is -1.94. The van der Waals surface area contributed by atoms with E-state index in [1.807, 2.05) is 6.07 Å². The van der Waals surface area contributed by atoms with E-state index in [1.54, 1.807) is 11.3 Å². The fourth-order valence-corrected chi connectivity index (χ4v) is 8.06. The first-order valence-electron chi connectivity index (χ1n) is 14.5. The number of pyridine rings is 1. The Kier molecular flexibility index (Phi) is 4.60. The maximum absolute atomic E-state index is 6.49. The summed E-state index contributed by atoms with van der Waals surface area (Å²) >= 11 is 1.77. The molecule has 0 radical (unpaired) electrons. The molecule has 0 aliphatic heterocycles. The molecule has 43 heavy (non-hydrogen) atoms. The average Bonchev–Trinajstić information content (AvgIpc) is 3.73. The molecule has 0 fully saturated rings. The van der Waals surface area contributed by atoms with Crippen molar-refractivity contribution >= 4 is 86.3 Å². The lowest BCUT2D eigenvalue weighted by molar-refractivity contribution is 0.673. The van der Waals surface area contributed by atoms with Gasteiger partial charge in [0.25, 0.3) is 0 Å². The van der Waals surface area contributed by atoms with Crippen LogP contribution < -0.4 is 0 Å². The molecule has 3 nitrogen and oxygen atoms in total. The van der Waals surface area contributed by atoms with Crippen LogP contribution in [0, 0.1) is 0 Å². The highest BCUT2D eigenvalue weighted by atomic mass is 32.1. The van der Waals surface area contributed by atoms with Crippen molar-refractivity contribution in [2.45, 2.75) is 0 Å². The third-order valence-electron chi connectivity index (χ3n) is 8.82. The quantitative estimate of drug-likeness (QED) is 0.208. The number of para-hydroxylation sites is 3. The van der Waals surface area contributed by atoms with Crippen LogP contribution in [0.4, 0.5) is 0 Å². The Morgan fingerprint density at radius 1 is 0.535 bits per heavy atom. The van der Waals surface area contributed by atoms with Gasteiger partial charge in [0.1, 0.15) is 16.0 Å². The number of benzene rings is 6. The molecule has 0 amide bonds. The highest BCUT2D eigenvalue weighted by Crippen LogP contribution is 2.44. The van der Waals surface area contributed by atoms with Gasteiger partial charge in [0.2, 0.25) is 0 Å². The Morgan fingerprint density at radius 2 is 1.26 bits per heavy atom. The summed E-state index contributed by atoms with van der Waals surface area (Å²) in [6, 6.07) is 47.6. The van der Waals surface area contributed by atoms with E-state index in [1.165, 1.54) is 42.9 Å². The number of thiophene rings is 1. The summed E-state index contributed by atoms with van der Waals surface area (Å²) < 4.78 is 10.1. The van der Waals surface area contributed by atoms with Gasteiger partial charge in [0, 0.05) is 48.3 Å². The first kappa shape index (κ1) is 23.1. The molecule has 0 spiro atoms. The van der Waals surface area contributed by atoms with Gasteiger partial charge in [-0.3, -0.25) is 0 Å². The topological polar surface area (TPSA) is 31.0 Å². The molecule has 0 aliphatic rings. The summed E-state index contributed by atoms with van der Waals surface area (Å²) in [5.74, 6) is 0. The van der Waals surface area contributed by atoms with E-state index in [-0.39, 0.29) is 0 Å². The van der Waals surface area contributed by atoms with Gasteiger partial charge in [-0.25, -0.2) is 4.98 Å². The maximum atomic E-state index is 6.49. The minimum Gasteiger partial charge on any atom is -0.455 e. The SMILES string of the molecule is c1ccc2c(-c3ccc(-n4c5ccccc5c5c6oc7ccccc7c6ccc54)cc3)c3c(nc2c1)sc1ccccc13. The van der Waals surface area contributed by atoms with Gasteiger partial charge in [-0.2, -0.15) is 0 Å². The number of rotatable bonds is 2. The van der Waals surface area contributed by atoms with Gasteiger partial charge < -0.3 is 8.98 Å². The molecule has 0 N–H and O–H groups in total. The Bertz CT molecular complexity index is 2730. The van der Waals surface area contributed by atoms with Gasteiger partial charge in [0.15, 0.2) is 0 Å². The van der Waals surface area contributed by atoms with Crippen molar-refractivity contribution in [2.75, 3.05) is 0 Å². The van der Waals surface area contributed by atoms with Crippen LogP contribution in [0.1, 0.15) is 0 Å². The highest BCUT2D eigenvalue weighted by molar-refractivity contribution is 7.25. The average molecular weight is 567 g/mol. The van der Waals surface area contributed by atoms with Gasteiger partial charge >= 0.3 is 0 Å². The van der Waals surface area contributed by atoms with E-state index in [0.29, 0.717) is 0 Å². The predicted octanol–water partition coefficient (Wildman–Crippen LogP) is 11.3. The van der Waals surface area contributed by atoms with E-state index < -0.39 is 0 Å². The zero-order valence-electron chi connectivity index (χ0n) is 22.9. The van der Waals surface area contributed by atoms with Crippen LogP contribution in [0.3, 0.4) is 0 Å². The molecule has 0 saturated heterocycles.